The molecule has 0 spiro atoms. The Kier molecular flexibility index (Phi) is 11.7. The Labute approximate surface area is 269 Å². The Bertz CT molecular complexity index is 1560. The van der Waals surface area contributed by atoms with E-state index in [4.69, 9.17) is 9.47 Å². The van der Waals surface area contributed by atoms with Gasteiger partial charge in [-0.3, -0.25) is 4.79 Å². The third-order valence-electron chi connectivity index (χ3n) is 7.99. The molecule has 0 saturated heterocycles. The van der Waals surface area contributed by atoms with E-state index >= 15 is 0 Å². The molecule has 4 nitrogen and oxygen atoms in total. The molecule has 0 amide bonds. The van der Waals surface area contributed by atoms with E-state index in [2.05, 4.69) is 115 Å². The van der Waals surface area contributed by atoms with Crippen molar-refractivity contribution in [3.63, 3.8) is 0 Å². The summed E-state index contributed by atoms with van der Waals surface area (Å²) in [7, 11) is -1.42. The molecule has 7 heteroatoms. The smallest absolute Gasteiger partial charge is 0.348 e. The van der Waals surface area contributed by atoms with E-state index in [-0.39, 0.29) is 12.4 Å². The number of methoxy groups -OCH3 is 2. The van der Waals surface area contributed by atoms with Crippen molar-refractivity contribution in [2.75, 3.05) is 26.0 Å². The molecular formula is C38H38O4P3+. The Morgan fingerprint density at radius 3 is 1.38 bits per heavy atom. The van der Waals surface area contributed by atoms with Crippen LogP contribution >= 0.6 is 23.1 Å². The van der Waals surface area contributed by atoms with Gasteiger partial charge in [0.25, 0.3) is 0 Å². The third-order valence-corrected chi connectivity index (χ3v) is 20.4. The fourth-order valence-corrected chi connectivity index (χ4v) is 20.5. The summed E-state index contributed by atoms with van der Waals surface area (Å²) in [4.78, 5) is 27.0. The van der Waals surface area contributed by atoms with Gasteiger partial charge >= 0.3 is 11.9 Å². The summed E-state index contributed by atoms with van der Waals surface area (Å²) in [6.45, 7) is 0. The minimum atomic E-state index is -2.65. The van der Waals surface area contributed by atoms with Crippen LogP contribution in [-0.4, -0.2) is 43.6 Å². The molecule has 0 saturated carbocycles. The molecule has 228 valence electrons. The second-order valence-corrected chi connectivity index (χ2v) is 19.8. The molecule has 0 bridgehead atoms. The van der Waals surface area contributed by atoms with Crippen molar-refractivity contribution in [2.45, 2.75) is 12.1 Å². The fourth-order valence-electron chi connectivity index (χ4n) is 5.77. The van der Waals surface area contributed by atoms with Gasteiger partial charge in [-0.2, -0.15) is 0 Å². The lowest BCUT2D eigenvalue weighted by atomic mass is 10.3. The van der Waals surface area contributed by atoms with Crippen LogP contribution in [0.4, 0.5) is 0 Å². The summed E-state index contributed by atoms with van der Waals surface area (Å²) in [5, 5.41) is 6.10. The molecule has 0 aliphatic heterocycles. The summed E-state index contributed by atoms with van der Waals surface area (Å²) in [6.07, 6.45) is -0.0508. The highest BCUT2D eigenvalue weighted by Gasteiger charge is 2.56. The average Bonchev–Trinajstić information content (AvgIpc) is 3.12. The second kappa shape index (κ2) is 16.1. The lowest BCUT2D eigenvalue weighted by Crippen LogP contribution is -2.40. The van der Waals surface area contributed by atoms with Crippen LogP contribution in [0, 0.1) is 0 Å². The maximum atomic E-state index is 13.9. The lowest BCUT2D eigenvalue weighted by molar-refractivity contribution is -0.146. The minimum absolute atomic E-state index is 0.0508. The molecule has 2 unspecified atom stereocenters. The van der Waals surface area contributed by atoms with Crippen LogP contribution in [0.5, 0.6) is 0 Å². The summed E-state index contributed by atoms with van der Waals surface area (Å²) < 4.78 is 10.7. The van der Waals surface area contributed by atoms with Gasteiger partial charge in [-0.15, -0.1) is 0 Å². The monoisotopic (exact) mass is 651 g/mol. The first-order chi connectivity index (χ1) is 22.1. The number of ether oxygens (including phenoxy) is 2. The number of hydrogen-bond acceptors (Lipinski definition) is 4. The van der Waals surface area contributed by atoms with Crippen molar-refractivity contribution >= 4 is 61.6 Å². The van der Waals surface area contributed by atoms with Gasteiger partial charge in [-0.25, -0.2) is 4.79 Å². The zero-order valence-corrected chi connectivity index (χ0v) is 28.3. The molecule has 0 heterocycles. The Balaban J connectivity index is 1.75. The highest BCUT2D eigenvalue weighted by molar-refractivity contribution is 8.00. The van der Waals surface area contributed by atoms with Crippen molar-refractivity contribution in [3.05, 3.63) is 152 Å². The molecule has 5 aromatic rings. The van der Waals surface area contributed by atoms with Crippen LogP contribution in [0.25, 0.3) is 0 Å². The molecule has 0 aliphatic carbocycles. The molecule has 0 fully saturated rings. The van der Waals surface area contributed by atoms with Crippen LogP contribution in [0.3, 0.4) is 0 Å². The fraction of sp³-hybridized carbons (Fsp3) is 0.158. The lowest BCUT2D eigenvalue weighted by Gasteiger charge is -2.36. The first-order valence-corrected chi connectivity index (χ1v) is 20.2. The zero-order valence-electron chi connectivity index (χ0n) is 25.6. The van der Waals surface area contributed by atoms with Crippen molar-refractivity contribution < 1.29 is 19.1 Å². The summed E-state index contributed by atoms with van der Waals surface area (Å²) >= 11 is 0. The predicted molar refractivity (Wildman–Crippen MR) is 193 cm³/mol. The molecule has 0 aliphatic rings. The van der Waals surface area contributed by atoms with E-state index in [1.54, 1.807) is 0 Å². The molecule has 5 rings (SSSR count). The topological polar surface area (TPSA) is 52.6 Å². The standard InChI is InChI=1S/C38H38O4P3/c1-41-37(39)28-36(38(40)42-2)45(34-24-14-6-15-25-34,35-26-16-7-17-27-35)30-43(31-18-8-3-9-19-31)29-44(32-20-10-4-11-21-32)33-22-12-5-13-23-33/h3-27,36H,28-30H2,1-2H3/q+1. The van der Waals surface area contributed by atoms with Crippen molar-refractivity contribution in [3.8, 4) is 0 Å². The number of carbonyl (C=O) groups excluding carboxylic acids is 2. The van der Waals surface area contributed by atoms with E-state index in [1.807, 2.05) is 36.4 Å². The van der Waals surface area contributed by atoms with Crippen LogP contribution in [0.2, 0.25) is 0 Å². The van der Waals surface area contributed by atoms with E-state index in [0.717, 1.165) is 22.4 Å². The van der Waals surface area contributed by atoms with Gasteiger partial charge in [-0.05, 0) is 56.0 Å². The highest BCUT2D eigenvalue weighted by atomic mass is 31.2. The van der Waals surface area contributed by atoms with Crippen LogP contribution in [0.15, 0.2) is 152 Å². The number of hydrogen-bond donors (Lipinski definition) is 0. The first-order valence-electron chi connectivity index (χ1n) is 14.9. The SMILES string of the molecule is COC(=O)CC(C(=O)OC)[P+](CP(CP(c1ccccc1)c1ccccc1)c1ccccc1)(c1ccccc1)c1ccccc1. The molecular weight excluding hydrogens is 613 g/mol. The quantitative estimate of drug-likeness (QED) is 0.106. The zero-order chi connectivity index (χ0) is 31.5. The Morgan fingerprint density at radius 1 is 0.578 bits per heavy atom. The highest BCUT2D eigenvalue weighted by Crippen LogP contribution is 2.70. The molecule has 0 aromatic heterocycles. The maximum Gasteiger partial charge on any atom is 0.348 e. The molecule has 2 atom stereocenters. The van der Waals surface area contributed by atoms with Crippen molar-refractivity contribution in [2.24, 2.45) is 0 Å². The largest absolute Gasteiger partial charge is 0.469 e. The van der Waals surface area contributed by atoms with Gasteiger partial charge in [0.1, 0.15) is 10.6 Å². The van der Waals surface area contributed by atoms with Gasteiger partial charge in [0.15, 0.2) is 5.66 Å². The minimum Gasteiger partial charge on any atom is -0.469 e. The Morgan fingerprint density at radius 2 is 0.978 bits per heavy atom. The summed E-state index contributed by atoms with van der Waals surface area (Å²) in [5.74, 6) is 0.894. The molecule has 45 heavy (non-hydrogen) atoms. The average molecular weight is 652 g/mol. The van der Waals surface area contributed by atoms with E-state index in [9.17, 15) is 9.59 Å². The number of esters is 2. The van der Waals surface area contributed by atoms with E-state index in [0.29, 0.717) is 0 Å². The van der Waals surface area contributed by atoms with Gasteiger partial charge in [0.2, 0.25) is 0 Å². The van der Waals surface area contributed by atoms with Gasteiger partial charge in [0, 0.05) is 5.90 Å². The number of benzene rings is 5. The molecule has 5 aromatic carbocycles. The summed E-state index contributed by atoms with van der Waals surface area (Å²) in [6, 6.07) is 52.9. The molecule has 0 radical (unpaired) electrons. The predicted octanol–water partition coefficient (Wildman–Crippen LogP) is 6.62. The van der Waals surface area contributed by atoms with E-state index < -0.39 is 34.7 Å². The molecule has 0 N–H and O–H groups in total. The van der Waals surface area contributed by atoms with Gasteiger partial charge < -0.3 is 9.47 Å². The second-order valence-electron chi connectivity index (χ2n) is 10.6. The maximum absolute atomic E-state index is 13.9. The van der Waals surface area contributed by atoms with Crippen molar-refractivity contribution in [1.82, 2.24) is 0 Å². The first kappa shape index (κ1) is 32.7. The Hall–Kier alpha value is -3.67. The van der Waals surface area contributed by atoms with Crippen LogP contribution in [0.1, 0.15) is 6.42 Å². The van der Waals surface area contributed by atoms with E-state index in [1.165, 1.54) is 30.1 Å². The number of rotatable bonds is 13. The normalized spacial score (nSPS) is 12.7. The third kappa shape index (κ3) is 7.77. The van der Waals surface area contributed by atoms with Gasteiger partial charge in [0.05, 0.1) is 33.8 Å². The van der Waals surface area contributed by atoms with Gasteiger partial charge in [-0.1, -0.05) is 127 Å². The van der Waals surface area contributed by atoms with Crippen LogP contribution in [-0.2, 0) is 19.1 Å². The number of carbonyl (C=O) groups is 2. The van der Waals surface area contributed by atoms with Crippen molar-refractivity contribution in [1.29, 1.82) is 0 Å². The van der Waals surface area contributed by atoms with Crippen LogP contribution < -0.4 is 26.5 Å². The summed E-state index contributed by atoms with van der Waals surface area (Å²) in [5.41, 5.74) is -0.701.